The largest absolute Gasteiger partial charge is 0.307 e. The van der Waals surface area contributed by atoms with E-state index in [1.54, 1.807) is 12.4 Å². The minimum atomic E-state index is 0.172. The molecule has 0 fully saturated rings. The van der Waals surface area contributed by atoms with Crippen LogP contribution in [0.5, 0.6) is 0 Å². The van der Waals surface area contributed by atoms with E-state index in [0.717, 1.165) is 18.8 Å². The van der Waals surface area contributed by atoms with Gasteiger partial charge in [0, 0.05) is 12.4 Å². The number of aromatic nitrogens is 2. The van der Waals surface area contributed by atoms with E-state index in [1.165, 1.54) is 16.7 Å². The van der Waals surface area contributed by atoms with Crippen LogP contribution >= 0.6 is 0 Å². The smallest absolute Gasteiger partial charge is 0.145 e. The Kier molecular flexibility index (Phi) is 4.63. The molecule has 0 saturated carbocycles. The molecule has 2 rings (SSSR count). The lowest BCUT2D eigenvalue weighted by molar-refractivity contribution is 0.519. The van der Waals surface area contributed by atoms with Gasteiger partial charge in [0.15, 0.2) is 0 Å². The van der Waals surface area contributed by atoms with E-state index in [1.807, 2.05) is 6.07 Å². The zero-order valence-corrected chi connectivity index (χ0v) is 11.9. The van der Waals surface area contributed by atoms with Gasteiger partial charge in [0.25, 0.3) is 0 Å². The molecular weight excluding hydrogens is 234 g/mol. The van der Waals surface area contributed by atoms with Gasteiger partial charge in [-0.1, -0.05) is 25.1 Å². The first-order valence-corrected chi connectivity index (χ1v) is 6.77. The van der Waals surface area contributed by atoms with E-state index in [0.29, 0.717) is 0 Å². The quantitative estimate of drug-likeness (QED) is 0.892. The second kappa shape index (κ2) is 6.43. The SMILES string of the molecule is CCNC(Cc1c(C)cccc1C)c1ncccn1. The van der Waals surface area contributed by atoms with Gasteiger partial charge in [0.2, 0.25) is 0 Å². The first kappa shape index (κ1) is 13.7. The topological polar surface area (TPSA) is 37.8 Å². The summed E-state index contributed by atoms with van der Waals surface area (Å²) in [6, 6.07) is 8.46. The van der Waals surface area contributed by atoms with Crippen LogP contribution in [0, 0.1) is 13.8 Å². The van der Waals surface area contributed by atoms with Crippen LogP contribution < -0.4 is 5.32 Å². The molecule has 3 heteroatoms. The van der Waals surface area contributed by atoms with Crippen LogP contribution in [0.3, 0.4) is 0 Å². The molecule has 0 saturated heterocycles. The van der Waals surface area contributed by atoms with E-state index in [4.69, 9.17) is 0 Å². The Hall–Kier alpha value is -1.74. The van der Waals surface area contributed by atoms with Crippen LogP contribution in [-0.4, -0.2) is 16.5 Å². The van der Waals surface area contributed by atoms with Crippen molar-refractivity contribution in [2.45, 2.75) is 33.2 Å². The molecule has 3 nitrogen and oxygen atoms in total. The van der Waals surface area contributed by atoms with Gasteiger partial charge in [-0.15, -0.1) is 0 Å². The van der Waals surface area contributed by atoms with E-state index in [2.05, 4.69) is 54.3 Å². The lowest BCUT2D eigenvalue weighted by Gasteiger charge is -2.19. The number of likely N-dealkylation sites (N-methyl/N-ethyl adjacent to an activating group) is 1. The van der Waals surface area contributed by atoms with E-state index >= 15 is 0 Å². The standard InChI is InChI=1S/C16H21N3/c1-4-17-15(16-18-9-6-10-19-16)11-14-12(2)7-5-8-13(14)3/h5-10,15,17H,4,11H2,1-3H3. The molecule has 1 heterocycles. The van der Waals surface area contributed by atoms with Crippen LogP contribution in [0.4, 0.5) is 0 Å². The van der Waals surface area contributed by atoms with Crippen molar-refractivity contribution < 1.29 is 0 Å². The molecule has 0 aliphatic carbocycles. The first-order chi connectivity index (χ1) is 9.22. The maximum atomic E-state index is 4.38. The highest BCUT2D eigenvalue weighted by molar-refractivity contribution is 5.34. The minimum absolute atomic E-state index is 0.172. The Morgan fingerprint density at radius 3 is 2.26 bits per heavy atom. The molecule has 0 bridgehead atoms. The third kappa shape index (κ3) is 3.38. The van der Waals surface area contributed by atoms with Gasteiger partial charge in [-0.3, -0.25) is 0 Å². The third-order valence-electron chi connectivity index (χ3n) is 3.40. The van der Waals surface area contributed by atoms with Crippen molar-refractivity contribution in [3.05, 3.63) is 59.2 Å². The maximum Gasteiger partial charge on any atom is 0.145 e. The second-order valence-electron chi connectivity index (χ2n) is 4.79. The Balaban J connectivity index is 2.27. The summed E-state index contributed by atoms with van der Waals surface area (Å²) in [5.74, 6) is 0.868. The average Bonchev–Trinajstić information content (AvgIpc) is 2.43. The predicted molar refractivity (Wildman–Crippen MR) is 78.1 cm³/mol. The third-order valence-corrected chi connectivity index (χ3v) is 3.40. The average molecular weight is 255 g/mol. The number of rotatable bonds is 5. The summed E-state index contributed by atoms with van der Waals surface area (Å²) in [6.45, 7) is 7.35. The Bertz CT molecular complexity index is 503. The summed E-state index contributed by atoms with van der Waals surface area (Å²) < 4.78 is 0. The zero-order valence-electron chi connectivity index (χ0n) is 11.9. The Morgan fingerprint density at radius 1 is 1.05 bits per heavy atom. The number of nitrogens with zero attached hydrogens (tertiary/aromatic N) is 2. The number of nitrogens with one attached hydrogen (secondary N) is 1. The van der Waals surface area contributed by atoms with Crippen LogP contribution in [0.25, 0.3) is 0 Å². The van der Waals surface area contributed by atoms with Crippen molar-refractivity contribution in [2.24, 2.45) is 0 Å². The lowest BCUT2D eigenvalue weighted by atomic mass is 9.96. The first-order valence-electron chi connectivity index (χ1n) is 6.77. The van der Waals surface area contributed by atoms with E-state index < -0.39 is 0 Å². The molecule has 1 atom stereocenters. The summed E-state index contributed by atoms with van der Waals surface area (Å²) in [4.78, 5) is 8.76. The van der Waals surface area contributed by atoms with Gasteiger partial charge in [-0.25, -0.2) is 9.97 Å². The molecule has 1 unspecified atom stereocenters. The second-order valence-corrected chi connectivity index (χ2v) is 4.79. The van der Waals surface area contributed by atoms with Crippen molar-refractivity contribution in [1.29, 1.82) is 0 Å². The molecular formula is C16H21N3. The summed E-state index contributed by atoms with van der Waals surface area (Å²) in [6.07, 6.45) is 4.53. The molecule has 1 aromatic heterocycles. The van der Waals surface area contributed by atoms with Crippen molar-refractivity contribution in [2.75, 3.05) is 6.54 Å². The summed E-state index contributed by atoms with van der Waals surface area (Å²) in [5.41, 5.74) is 4.05. The number of aryl methyl sites for hydroxylation is 2. The molecule has 1 aromatic carbocycles. The predicted octanol–water partition coefficient (Wildman–Crippen LogP) is 2.99. The molecule has 0 spiro atoms. The van der Waals surface area contributed by atoms with Gasteiger partial charge in [0.1, 0.15) is 5.82 Å². The van der Waals surface area contributed by atoms with Crippen molar-refractivity contribution >= 4 is 0 Å². The Labute approximate surface area is 115 Å². The van der Waals surface area contributed by atoms with Crippen LogP contribution in [-0.2, 0) is 6.42 Å². The van der Waals surface area contributed by atoms with Crippen LogP contribution in [0.1, 0.15) is 35.5 Å². The van der Waals surface area contributed by atoms with Crippen molar-refractivity contribution in [3.63, 3.8) is 0 Å². The molecule has 100 valence electrons. The molecule has 0 amide bonds. The number of hydrogen-bond acceptors (Lipinski definition) is 3. The van der Waals surface area contributed by atoms with Gasteiger partial charge >= 0.3 is 0 Å². The minimum Gasteiger partial charge on any atom is -0.307 e. The molecule has 2 aromatic rings. The molecule has 19 heavy (non-hydrogen) atoms. The van der Waals surface area contributed by atoms with Crippen molar-refractivity contribution in [3.8, 4) is 0 Å². The van der Waals surface area contributed by atoms with E-state index in [-0.39, 0.29) is 6.04 Å². The summed E-state index contributed by atoms with van der Waals surface area (Å²) in [5, 5.41) is 3.48. The highest BCUT2D eigenvalue weighted by Gasteiger charge is 2.15. The van der Waals surface area contributed by atoms with Gasteiger partial charge < -0.3 is 5.32 Å². The van der Waals surface area contributed by atoms with Crippen LogP contribution in [0.2, 0.25) is 0 Å². The zero-order chi connectivity index (χ0) is 13.7. The van der Waals surface area contributed by atoms with Crippen molar-refractivity contribution in [1.82, 2.24) is 15.3 Å². The summed E-state index contributed by atoms with van der Waals surface area (Å²) >= 11 is 0. The highest BCUT2D eigenvalue weighted by atomic mass is 15.0. The summed E-state index contributed by atoms with van der Waals surface area (Å²) in [7, 11) is 0. The Morgan fingerprint density at radius 2 is 1.68 bits per heavy atom. The van der Waals surface area contributed by atoms with Gasteiger partial charge in [0.05, 0.1) is 6.04 Å². The normalized spacial score (nSPS) is 12.4. The number of hydrogen-bond donors (Lipinski definition) is 1. The fourth-order valence-corrected chi connectivity index (χ4v) is 2.37. The van der Waals surface area contributed by atoms with E-state index in [9.17, 15) is 0 Å². The molecule has 0 aliphatic heterocycles. The highest BCUT2D eigenvalue weighted by Crippen LogP contribution is 2.20. The maximum absolute atomic E-state index is 4.38. The fourth-order valence-electron chi connectivity index (χ4n) is 2.37. The number of benzene rings is 1. The lowest BCUT2D eigenvalue weighted by Crippen LogP contribution is -2.25. The fraction of sp³-hybridized carbons (Fsp3) is 0.375. The molecule has 1 N–H and O–H groups in total. The van der Waals surface area contributed by atoms with Gasteiger partial charge in [-0.05, 0) is 49.6 Å². The van der Waals surface area contributed by atoms with Gasteiger partial charge in [-0.2, -0.15) is 0 Å². The monoisotopic (exact) mass is 255 g/mol. The molecule has 0 radical (unpaired) electrons. The molecule has 0 aliphatic rings. The van der Waals surface area contributed by atoms with Crippen LogP contribution in [0.15, 0.2) is 36.7 Å².